The summed E-state index contributed by atoms with van der Waals surface area (Å²) in [6.45, 7) is 0. The molecule has 0 aliphatic heterocycles. The minimum absolute atomic E-state index is 0.773. The van der Waals surface area contributed by atoms with E-state index in [1.54, 1.807) is 12.4 Å². The summed E-state index contributed by atoms with van der Waals surface area (Å²) >= 11 is 0. The zero-order valence-electron chi connectivity index (χ0n) is 9.17. The normalized spacial score (nSPS) is 10.6. The molecule has 82 valence electrons. The van der Waals surface area contributed by atoms with E-state index >= 15 is 0 Å². The molecule has 2 heterocycles. The molecule has 3 rings (SSSR count). The van der Waals surface area contributed by atoms with E-state index in [-0.39, 0.29) is 0 Å². The van der Waals surface area contributed by atoms with Gasteiger partial charge in [-0.1, -0.05) is 12.1 Å². The van der Waals surface area contributed by atoms with Crippen LogP contribution in [0.25, 0.3) is 21.9 Å². The van der Waals surface area contributed by atoms with Gasteiger partial charge in [0.05, 0.1) is 0 Å². The van der Waals surface area contributed by atoms with Crippen molar-refractivity contribution in [3.8, 4) is 11.1 Å². The van der Waals surface area contributed by atoms with Gasteiger partial charge < -0.3 is 5.73 Å². The topological polar surface area (TPSA) is 51.8 Å². The Morgan fingerprint density at radius 3 is 2.53 bits per heavy atom. The zero-order valence-corrected chi connectivity index (χ0v) is 9.17. The smallest absolute Gasteiger partial charge is 0.0395 e. The minimum atomic E-state index is 0.773. The largest absolute Gasteiger partial charge is 0.398 e. The first-order valence-corrected chi connectivity index (χ1v) is 5.39. The molecule has 3 aromatic rings. The van der Waals surface area contributed by atoms with E-state index in [1.807, 2.05) is 42.7 Å². The highest BCUT2D eigenvalue weighted by molar-refractivity contribution is 6.02. The van der Waals surface area contributed by atoms with Crippen LogP contribution in [-0.4, -0.2) is 9.97 Å². The Balaban J connectivity index is 2.35. The number of anilines is 1. The number of pyridine rings is 2. The molecule has 0 fully saturated rings. The van der Waals surface area contributed by atoms with E-state index in [0.717, 1.165) is 27.6 Å². The Morgan fingerprint density at radius 2 is 1.71 bits per heavy atom. The Kier molecular flexibility index (Phi) is 2.22. The molecule has 0 spiro atoms. The number of nitrogens with zero attached hydrogens (tertiary/aromatic N) is 2. The van der Waals surface area contributed by atoms with Crippen LogP contribution in [0.4, 0.5) is 5.69 Å². The van der Waals surface area contributed by atoms with Crippen molar-refractivity contribution in [2.24, 2.45) is 0 Å². The van der Waals surface area contributed by atoms with E-state index < -0.39 is 0 Å². The molecule has 0 unspecified atom stereocenters. The van der Waals surface area contributed by atoms with Gasteiger partial charge in [0.1, 0.15) is 0 Å². The molecular formula is C14H11N3. The third-order valence-electron chi connectivity index (χ3n) is 2.82. The molecule has 0 bridgehead atoms. The maximum Gasteiger partial charge on any atom is 0.0395 e. The molecule has 2 N–H and O–H groups in total. The fourth-order valence-electron chi connectivity index (χ4n) is 1.99. The van der Waals surface area contributed by atoms with Crippen LogP contribution in [0.3, 0.4) is 0 Å². The second-order valence-electron chi connectivity index (χ2n) is 3.87. The van der Waals surface area contributed by atoms with Crippen molar-refractivity contribution in [1.82, 2.24) is 9.97 Å². The molecular weight excluding hydrogens is 210 g/mol. The van der Waals surface area contributed by atoms with Gasteiger partial charge in [-0.15, -0.1) is 0 Å². The highest BCUT2D eigenvalue weighted by Gasteiger charge is 2.05. The Bertz CT molecular complexity index is 663. The number of hydrogen-bond donors (Lipinski definition) is 1. The Labute approximate surface area is 98.9 Å². The average Bonchev–Trinajstić information content (AvgIpc) is 2.41. The summed E-state index contributed by atoms with van der Waals surface area (Å²) in [6, 6.07) is 9.82. The lowest BCUT2D eigenvalue weighted by atomic mass is 10.00. The lowest BCUT2D eigenvalue weighted by molar-refractivity contribution is 1.33. The summed E-state index contributed by atoms with van der Waals surface area (Å²) in [5.74, 6) is 0. The molecule has 0 amide bonds. The first-order valence-electron chi connectivity index (χ1n) is 5.39. The molecule has 0 aliphatic rings. The lowest BCUT2D eigenvalue weighted by Gasteiger charge is -2.07. The fourth-order valence-corrected chi connectivity index (χ4v) is 1.99. The van der Waals surface area contributed by atoms with Crippen LogP contribution in [-0.2, 0) is 0 Å². The summed E-state index contributed by atoms with van der Waals surface area (Å²) in [5, 5.41) is 2.09. The quantitative estimate of drug-likeness (QED) is 0.643. The third kappa shape index (κ3) is 1.61. The second-order valence-corrected chi connectivity index (χ2v) is 3.87. The SMILES string of the molecule is Nc1ccc(-c2cccnc2)c2cnccc12. The summed E-state index contributed by atoms with van der Waals surface area (Å²) in [5.41, 5.74) is 8.91. The van der Waals surface area contributed by atoms with E-state index in [4.69, 9.17) is 5.73 Å². The zero-order chi connectivity index (χ0) is 11.7. The molecule has 0 saturated carbocycles. The Hall–Kier alpha value is -2.42. The van der Waals surface area contributed by atoms with Crippen LogP contribution in [0.5, 0.6) is 0 Å². The van der Waals surface area contributed by atoms with E-state index in [2.05, 4.69) is 9.97 Å². The van der Waals surface area contributed by atoms with Crippen LogP contribution >= 0.6 is 0 Å². The lowest BCUT2D eigenvalue weighted by Crippen LogP contribution is -1.90. The van der Waals surface area contributed by atoms with Crippen molar-refractivity contribution >= 4 is 16.5 Å². The third-order valence-corrected chi connectivity index (χ3v) is 2.82. The van der Waals surface area contributed by atoms with Crippen molar-refractivity contribution in [2.75, 3.05) is 5.73 Å². The van der Waals surface area contributed by atoms with Gasteiger partial charge in [-0.2, -0.15) is 0 Å². The highest BCUT2D eigenvalue weighted by Crippen LogP contribution is 2.30. The molecule has 17 heavy (non-hydrogen) atoms. The van der Waals surface area contributed by atoms with Crippen LogP contribution in [0.15, 0.2) is 55.1 Å². The van der Waals surface area contributed by atoms with Crippen molar-refractivity contribution in [3.63, 3.8) is 0 Å². The standard InChI is InChI=1S/C14H11N3/c15-14-4-3-11(10-2-1-6-16-8-10)13-9-17-7-5-12(13)14/h1-9H,15H2. The van der Waals surface area contributed by atoms with Crippen LogP contribution in [0.1, 0.15) is 0 Å². The molecule has 0 radical (unpaired) electrons. The monoisotopic (exact) mass is 221 g/mol. The number of rotatable bonds is 1. The molecule has 3 heteroatoms. The van der Waals surface area contributed by atoms with Gasteiger partial charge in [-0.3, -0.25) is 9.97 Å². The maximum atomic E-state index is 5.96. The summed E-state index contributed by atoms with van der Waals surface area (Å²) in [4.78, 5) is 8.30. The molecule has 1 aromatic carbocycles. The fraction of sp³-hybridized carbons (Fsp3) is 0. The molecule has 2 aromatic heterocycles. The number of aromatic nitrogens is 2. The van der Waals surface area contributed by atoms with Crippen LogP contribution < -0.4 is 5.73 Å². The summed E-state index contributed by atoms with van der Waals surface area (Å²) in [7, 11) is 0. The summed E-state index contributed by atoms with van der Waals surface area (Å²) in [6.07, 6.45) is 7.21. The van der Waals surface area contributed by atoms with Gasteiger partial charge in [0, 0.05) is 46.8 Å². The van der Waals surface area contributed by atoms with Gasteiger partial charge in [-0.25, -0.2) is 0 Å². The number of nitrogens with two attached hydrogens (primary N) is 1. The number of fused-ring (bicyclic) bond motifs is 1. The average molecular weight is 221 g/mol. The molecule has 0 atom stereocenters. The minimum Gasteiger partial charge on any atom is -0.398 e. The van der Waals surface area contributed by atoms with Gasteiger partial charge >= 0.3 is 0 Å². The second kappa shape index (κ2) is 3.87. The predicted molar refractivity (Wildman–Crippen MR) is 69.4 cm³/mol. The predicted octanol–water partition coefficient (Wildman–Crippen LogP) is 2.88. The molecule has 0 aliphatic carbocycles. The van der Waals surface area contributed by atoms with Crippen LogP contribution in [0, 0.1) is 0 Å². The molecule has 0 saturated heterocycles. The van der Waals surface area contributed by atoms with Gasteiger partial charge in [0.2, 0.25) is 0 Å². The Morgan fingerprint density at radius 1 is 0.824 bits per heavy atom. The van der Waals surface area contributed by atoms with Gasteiger partial charge in [0.15, 0.2) is 0 Å². The number of nitrogen functional groups attached to an aromatic ring is 1. The van der Waals surface area contributed by atoms with Gasteiger partial charge in [0.25, 0.3) is 0 Å². The van der Waals surface area contributed by atoms with E-state index in [1.165, 1.54) is 0 Å². The van der Waals surface area contributed by atoms with Crippen molar-refractivity contribution in [3.05, 3.63) is 55.1 Å². The number of hydrogen-bond acceptors (Lipinski definition) is 3. The van der Waals surface area contributed by atoms with Crippen LogP contribution in [0.2, 0.25) is 0 Å². The number of benzene rings is 1. The highest BCUT2D eigenvalue weighted by atomic mass is 14.6. The first-order chi connectivity index (χ1) is 8.36. The summed E-state index contributed by atoms with van der Waals surface area (Å²) < 4.78 is 0. The van der Waals surface area contributed by atoms with E-state index in [9.17, 15) is 0 Å². The van der Waals surface area contributed by atoms with Gasteiger partial charge in [-0.05, 0) is 23.8 Å². The maximum absolute atomic E-state index is 5.96. The van der Waals surface area contributed by atoms with Crippen molar-refractivity contribution < 1.29 is 0 Å². The van der Waals surface area contributed by atoms with Crippen molar-refractivity contribution in [2.45, 2.75) is 0 Å². The first kappa shape index (κ1) is 9.78. The molecule has 3 nitrogen and oxygen atoms in total. The van der Waals surface area contributed by atoms with Crippen molar-refractivity contribution in [1.29, 1.82) is 0 Å². The van der Waals surface area contributed by atoms with E-state index in [0.29, 0.717) is 0 Å².